The predicted molar refractivity (Wildman–Crippen MR) is 145 cm³/mol. The molecule has 6 nitrogen and oxygen atoms in total. The van der Waals surface area contributed by atoms with Gasteiger partial charge in [-0.2, -0.15) is 0 Å². The van der Waals surface area contributed by atoms with Crippen LogP contribution in [0.2, 0.25) is 0 Å². The van der Waals surface area contributed by atoms with Crippen molar-refractivity contribution < 1.29 is 14.3 Å². The molecule has 0 saturated heterocycles. The summed E-state index contributed by atoms with van der Waals surface area (Å²) in [5.41, 5.74) is 3.81. The van der Waals surface area contributed by atoms with Crippen molar-refractivity contribution in [2.75, 3.05) is 19.8 Å². The molecule has 0 aliphatic heterocycles. The van der Waals surface area contributed by atoms with Gasteiger partial charge in [-0.05, 0) is 48.9 Å². The van der Waals surface area contributed by atoms with E-state index in [0.29, 0.717) is 32.7 Å². The Hall–Kier alpha value is -3.42. The Kier molecular flexibility index (Phi) is 8.92. The van der Waals surface area contributed by atoms with Crippen LogP contribution in [-0.4, -0.2) is 41.5 Å². The molecule has 4 aromatic rings. The Morgan fingerprint density at radius 2 is 1.89 bits per heavy atom. The molecule has 2 amide bonds. The minimum absolute atomic E-state index is 0.0943. The molecule has 7 heteroatoms. The first-order valence-electron chi connectivity index (χ1n) is 12.4. The number of hydrogen-bond acceptors (Lipinski definition) is 4. The van der Waals surface area contributed by atoms with Gasteiger partial charge in [0.2, 0.25) is 11.8 Å². The highest BCUT2D eigenvalue weighted by Gasteiger charge is 2.32. The van der Waals surface area contributed by atoms with Crippen molar-refractivity contribution in [1.82, 2.24) is 15.2 Å². The number of aromatic amines is 1. The zero-order valence-corrected chi connectivity index (χ0v) is 21.6. The number of hydrogen-bond donors (Lipinski definition) is 2. The molecule has 36 heavy (non-hydrogen) atoms. The lowest BCUT2D eigenvalue weighted by Gasteiger charge is -2.31. The lowest BCUT2D eigenvalue weighted by molar-refractivity contribution is -0.141. The number of carbonyl (C=O) groups excluding carboxylic acids is 2. The van der Waals surface area contributed by atoms with E-state index in [9.17, 15) is 9.59 Å². The maximum Gasteiger partial charge on any atom is 0.247 e. The number of nitrogens with one attached hydrogen (secondary N) is 2. The summed E-state index contributed by atoms with van der Waals surface area (Å²) < 4.78 is 5.41. The zero-order valence-electron chi connectivity index (χ0n) is 20.8. The summed E-state index contributed by atoms with van der Waals surface area (Å²) in [6.45, 7) is 6.06. The van der Waals surface area contributed by atoms with Crippen molar-refractivity contribution in [3.63, 3.8) is 0 Å². The van der Waals surface area contributed by atoms with E-state index in [1.807, 2.05) is 86.1 Å². The van der Waals surface area contributed by atoms with Crippen LogP contribution in [0.25, 0.3) is 10.9 Å². The summed E-state index contributed by atoms with van der Waals surface area (Å²) >= 11 is 1.58. The number of ether oxygens (including phenoxy) is 1. The molecule has 188 valence electrons. The number of benzene rings is 2. The number of carbonyl (C=O) groups is 2. The number of aryl methyl sites for hydroxylation is 1. The van der Waals surface area contributed by atoms with Crippen molar-refractivity contribution >= 4 is 34.1 Å². The van der Waals surface area contributed by atoms with Crippen molar-refractivity contribution in [1.29, 1.82) is 0 Å². The van der Waals surface area contributed by atoms with Gasteiger partial charge < -0.3 is 19.9 Å². The lowest BCUT2D eigenvalue weighted by atomic mass is 10.0. The van der Waals surface area contributed by atoms with Crippen LogP contribution < -0.4 is 5.32 Å². The van der Waals surface area contributed by atoms with Crippen LogP contribution in [0.4, 0.5) is 0 Å². The second-order valence-corrected chi connectivity index (χ2v) is 9.82. The van der Waals surface area contributed by atoms with Crippen molar-refractivity contribution in [2.24, 2.45) is 0 Å². The van der Waals surface area contributed by atoms with Crippen LogP contribution in [-0.2, 0) is 27.3 Å². The molecule has 2 heterocycles. The van der Waals surface area contributed by atoms with E-state index < -0.39 is 6.04 Å². The smallest absolute Gasteiger partial charge is 0.247 e. The van der Waals surface area contributed by atoms with Crippen LogP contribution in [0, 0.1) is 6.92 Å². The van der Waals surface area contributed by atoms with E-state index >= 15 is 0 Å². The second-order valence-electron chi connectivity index (χ2n) is 8.79. The number of nitrogens with zero attached hydrogens (tertiary/aromatic N) is 1. The summed E-state index contributed by atoms with van der Waals surface area (Å²) in [4.78, 5) is 33.5. The van der Waals surface area contributed by atoms with Crippen molar-refractivity contribution in [2.45, 2.75) is 39.3 Å². The van der Waals surface area contributed by atoms with Crippen LogP contribution >= 0.6 is 11.3 Å². The van der Waals surface area contributed by atoms with E-state index in [1.54, 1.807) is 16.2 Å². The van der Waals surface area contributed by atoms with Crippen LogP contribution in [0.5, 0.6) is 0 Å². The van der Waals surface area contributed by atoms with Gasteiger partial charge in [0.15, 0.2) is 0 Å². The highest BCUT2D eigenvalue weighted by Crippen LogP contribution is 2.28. The quantitative estimate of drug-likeness (QED) is 0.255. The average molecular weight is 504 g/mol. The van der Waals surface area contributed by atoms with E-state index in [4.69, 9.17) is 4.74 Å². The number of para-hydroxylation sites is 1. The highest BCUT2D eigenvalue weighted by atomic mass is 32.1. The fourth-order valence-corrected chi connectivity index (χ4v) is 4.99. The van der Waals surface area contributed by atoms with Gasteiger partial charge in [-0.3, -0.25) is 9.59 Å². The molecule has 0 fully saturated rings. The summed E-state index contributed by atoms with van der Waals surface area (Å²) in [6.07, 6.45) is 2.81. The predicted octanol–water partition coefficient (Wildman–Crippen LogP) is 5.39. The second kappa shape index (κ2) is 12.5. The summed E-state index contributed by atoms with van der Waals surface area (Å²) in [7, 11) is 0. The summed E-state index contributed by atoms with van der Waals surface area (Å²) in [5, 5.41) is 6.06. The van der Waals surface area contributed by atoms with E-state index in [2.05, 4.69) is 10.3 Å². The van der Waals surface area contributed by atoms with E-state index in [1.165, 1.54) is 0 Å². The topological polar surface area (TPSA) is 74.4 Å². The SMILES string of the molecule is CCOCCCNC(=O)C(c1ccc(C)cc1)N(Cc1cccs1)C(=O)Cc1c[nH]c2ccccc12. The standard InChI is InChI=1S/C29H33N3O3S/c1-3-35-16-7-15-30-29(34)28(22-13-11-21(2)12-14-22)32(20-24-8-6-17-36-24)27(33)18-23-19-31-26-10-5-4-9-25(23)26/h4-6,8-14,17,19,28,31H,3,7,15-16,18,20H2,1-2H3,(H,30,34). The normalized spacial score (nSPS) is 11.9. The highest BCUT2D eigenvalue weighted by molar-refractivity contribution is 7.09. The Morgan fingerprint density at radius 1 is 1.08 bits per heavy atom. The van der Waals surface area contributed by atoms with Crippen LogP contribution in [0.3, 0.4) is 0 Å². The molecule has 0 aliphatic rings. The van der Waals surface area contributed by atoms with Gasteiger partial charge in [0, 0.05) is 41.7 Å². The van der Waals surface area contributed by atoms with Gasteiger partial charge in [0.25, 0.3) is 0 Å². The third-order valence-electron chi connectivity index (χ3n) is 6.17. The van der Waals surface area contributed by atoms with Gasteiger partial charge in [-0.25, -0.2) is 0 Å². The number of amides is 2. The monoisotopic (exact) mass is 503 g/mol. The summed E-state index contributed by atoms with van der Waals surface area (Å²) in [6, 6.07) is 19.0. The van der Waals surface area contributed by atoms with Gasteiger partial charge in [0.1, 0.15) is 6.04 Å². The number of rotatable bonds is 12. The van der Waals surface area contributed by atoms with Crippen molar-refractivity contribution in [3.8, 4) is 0 Å². The van der Waals surface area contributed by atoms with Crippen LogP contribution in [0.15, 0.2) is 72.2 Å². The minimum atomic E-state index is -0.738. The fraction of sp³-hybridized carbons (Fsp3) is 0.310. The fourth-order valence-electron chi connectivity index (χ4n) is 4.28. The number of thiophene rings is 1. The maximum absolute atomic E-state index is 13.9. The molecular weight excluding hydrogens is 470 g/mol. The summed E-state index contributed by atoms with van der Waals surface area (Å²) in [5.74, 6) is -0.276. The molecule has 0 aliphatic carbocycles. The molecule has 0 saturated carbocycles. The molecule has 2 N–H and O–H groups in total. The molecular formula is C29H33N3O3S. The number of fused-ring (bicyclic) bond motifs is 1. The Balaban J connectivity index is 1.64. The molecule has 0 bridgehead atoms. The molecule has 2 aromatic carbocycles. The third kappa shape index (κ3) is 6.42. The number of aromatic nitrogens is 1. The Morgan fingerprint density at radius 3 is 2.64 bits per heavy atom. The average Bonchev–Trinajstić information content (AvgIpc) is 3.55. The zero-order chi connectivity index (χ0) is 25.3. The largest absolute Gasteiger partial charge is 0.382 e. The first-order valence-corrected chi connectivity index (χ1v) is 13.2. The van der Waals surface area contributed by atoms with Gasteiger partial charge in [-0.15, -0.1) is 11.3 Å². The number of H-pyrrole nitrogens is 1. The lowest BCUT2D eigenvalue weighted by Crippen LogP contribution is -2.44. The van der Waals surface area contributed by atoms with Gasteiger partial charge in [-0.1, -0.05) is 54.1 Å². The van der Waals surface area contributed by atoms with Crippen LogP contribution in [0.1, 0.15) is 41.0 Å². The van der Waals surface area contributed by atoms with Gasteiger partial charge in [0.05, 0.1) is 13.0 Å². The molecule has 4 rings (SSSR count). The Bertz CT molecular complexity index is 1260. The third-order valence-corrected chi connectivity index (χ3v) is 7.03. The molecule has 0 radical (unpaired) electrons. The molecule has 1 atom stereocenters. The van der Waals surface area contributed by atoms with E-state index in [-0.39, 0.29) is 18.2 Å². The van der Waals surface area contributed by atoms with Gasteiger partial charge >= 0.3 is 0 Å². The first kappa shape index (κ1) is 25.7. The van der Waals surface area contributed by atoms with Crippen molar-refractivity contribution in [3.05, 3.63) is 93.8 Å². The van der Waals surface area contributed by atoms with E-state index in [0.717, 1.165) is 32.5 Å². The Labute approximate surface area is 216 Å². The maximum atomic E-state index is 13.9. The molecule has 2 aromatic heterocycles. The first-order chi connectivity index (χ1) is 17.6. The minimum Gasteiger partial charge on any atom is -0.382 e. The molecule has 1 unspecified atom stereocenters. The molecule has 0 spiro atoms.